The number of anilines is 1. The third-order valence-corrected chi connectivity index (χ3v) is 3.64. The van der Waals surface area contributed by atoms with Gasteiger partial charge in [-0.15, -0.1) is 0 Å². The molecule has 5 heteroatoms. The van der Waals surface area contributed by atoms with Crippen molar-refractivity contribution < 1.29 is 14.3 Å². The Bertz CT molecular complexity index is 520. The number of benzene rings is 1. The lowest BCUT2D eigenvalue weighted by molar-refractivity contribution is -0.114. The van der Waals surface area contributed by atoms with Crippen LogP contribution in [0.25, 0.3) is 0 Å². The standard InChI is InChI=1S/C16H22N2O3/c1-12(19)17-13-7-8-15(21-2)14(11-13)16(20)18-9-5-3-4-6-10-18/h7-8,11H,3-6,9-10H2,1-2H3,(H,17,19). The maximum Gasteiger partial charge on any atom is 0.257 e. The Morgan fingerprint density at radius 2 is 1.81 bits per heavy atom. The van der Waals surface area contributed by atoms with E-state index in [9.17, 15) is 9.59 Å². The summed E-state index contributed by atoms with van der Waals surface area (Å²) in [4.78, 5) is 25.7. The lowest BCUT2D eigenvalue weighted by Crippen LogP contribution is -2.32. The van der Waals surface area contributed by atoms with E-state index in [1.807, 2.05) is 4.90 Å². The summed E-state index contributed by atoms with van der Waals surface area (Å²) in [6.45, 7) is 3.01. The molecule has 2 amide bonds. The molecule has 1 N–H and O–H groups in total. The summed E-state index contributed by atoms with van der Waals surface area (Å²) in [5.74, 6) is 0.354. The molecule has 114 valence electrons. The van der Waals surface area contributed by atoms with Crippen molar-refractivity contribution in [3.63, 3.8) is 0 Å². The second kappa shape index (κ2) is 7.11. The number of rotatable bonds is 3. The Kier molecular flexibility index (Phi) is 5.20. The van der Waals surface area contributed by atoms with E-state index in [1.54, 1.807) is 25.3 Å². The van der Waals surface area contributed by atoms with Gasteiger partial charge in [-0.25, -0.2) is 0 Å². The van der Waals surface area contributed by atoms with Gasteiger partial charge in [-0.05, 0) is 31.0 Å². The van der Waals surface area contributed by atoms with Gasteiger partial charge >= 0.3 is 0 Å². The van der Waals surface area contributed by atoms with E-state index in [1.165, 1.54) is 19.8 Å². The number of hydrogen-bond acceptors (Lipinski definition) is 3. The molecule has 0 spiro atoms. The number of carbonyl (C=O) groups excluding carboxylic acids is 2. The van der Waals surface area contributed by atoms with Crippen LogP contribution < -0.4 is 10.1 Å². The summed E-state index contributed by atoms with van der Waals surface area (Å²) in [7, 11) is 1.55. The van der Waals surface area contributed by atoms with Gasteiger partial charge < -0.3 is 15.0 Å². The van der Waals surface area contributed by atoms with Crippen molar-refractivity contribution in [2.45, 2.75) is 32.6 Å². The molecule has 5 nitrogen and oxygen atoms in total. The van der Waals surface area contributed by atoms with E-state index in [4.69, 9.17) is 4.74 Å². The Hall–Kier alpha value is -2.04. The Morgan fingerprint density at radius 1 is 1.14 bits per heavy atom. The monoisotopic (exact) mass is 290 g/mol. The van der Waals surface area contributed by atoms with Crippen LogP contribution in [-0.4, -0.2) is 36.9 Å². The maximum atomic E-state index is 12.7. The highest BCUT2D eigenvalue weighted by Crippen LogP contribution is 2.25. The second-order valence-electron chi connectivity index (χ2n) is 5.30. The van der Waals surface area contributed by atoms with Crippen molar-refractivity contribution in [2.75, 3.05) is 25.5 Å². The normalized spacial score (nSPS) is 15.2. The fourth-order valence-corrected chi connectivity index (χ4v) is 2.60. The molecule has 0 radical (unpaired) electrons. The van der Waals surface area contributed by atoms with Gasteiger partial charge in [0, 0.05) is 25.7 Å². The van der Waals surface area contributed by atoms with E-state index >= 15 is 0 Å². The van der Waals surface area contributed by atoms with Crippen molar-refractivity contribution in [1.82, 2.24) is 4.90 Å². The molecule has 0 saturated carbocycles. The fraction of sp³-hybridized carbons (Fsp3) is 0.500. The minimum Gasteiger partial charge on any atom is -0.496 e. The summed E-state index contributed by atoms with van der Waals surface area (Å²) in [5, 5.41) is 2.70. The summed E-state index contributed by atoms with van der Waals surface area (Å²) in [6, 6.07) is 5.14. The number of ether oxygens (including phenoxy) is 1. The fourth-order valence-electron chi connectivity index (χ4n) is 2.60. The van der Waals surface area contributed by atoms with Crippen molar-refractivity contribution in [2.24, 2.45) is 0 Å². The van der Waals surface area contributed by atoms with Crippen LogP contribution >= 0.6 is 0 Å². The first-order chi connectivity index (χ1) is 10.1. The molecule has 1 aliphatic rings. The topological polar surface area (TPSA) is 58.6 Å². The molecule has 2 rings (SSSR count). The first kappa shape index (κ1) is 15.4. The quantitative estimate of drug-likeness (QED) is 0.931. The van der Waals surface area contributed by atoms with Crippen LogP contribution in [-0.2, 0) is 4.79 Å². The number of methoxy groups -OCH3 is 1. The smallest absolute Gasteiger partial charge is 0.257 e. The molecular weight excluding hydrogens is 268 g/mol. The minimum absolute atomic E-state index is 0.0269. The molecule has 0 bridgehead atoms. The molecular formula is C16H22N2O3. The molecule has 1 aromatic carbocycles. The van der Waals surface area contributed by atoms with Crippen LogP contribution in [0.4, 0.5) is 5.69 Å². The van der Waals surface area contributed by atoms with E-state index in [-0.39, 0.29) is 11.8 Å². The third-order valence-electron chi connectivity index (χ3n) is 3.64. The molecule has 0 aliphatic carbocycles. The number of hydrogen-bond donors (Lipinski definition) is 1. The molecule has 1 heterocycles. The summed E-state index contributed by atoms with van der Waals surface area (Å²) >= 11 is 0. The highest BCUT2D eigenvalue weighted by molar-refractivity contribution is 5.99. The Morgan fingerprint density at radius 3 is 2.38 bits per heavy atom. The number of nitrogens with zero attached hydrogens (tertiary/aromatic N) is 1. The van der Waals surface area contributed by atoms with Crippen molar-refractivity contribution >= 4 is 17.5 Å². The van der Waals surface area contributed by atoms with Crippen molar-refractivity contribution in [1.29, 1.82) is 0 Å². The van der Waals surface area contributed by atoms with E-state index in [0.29, 0.717) is 17.0 Å². The predicted octanol–water partition coefficient (Wildman–Crippen LogP) is 2.67. The SMILES string of the molecule is COc1ccc(NC(C)=O)cc1C(=O)N1CCCCCC1. The molecule has 21 heavy (non-hydrogen) atoms. The second-order valence-corrected chi connectivity index (χ2v) is 5.30. The minimum atomic E-state index is -0.159. The lowest BCUT2D eigenvalue weighted by atomic mass is 10.1. The number of carbonyl (C=O) groups is 2. The predicted molar refractivity (Wildman–Crippen MR) is 81.7 cm³/mol. The summed E-state index contributed by atoms with van der Waals surface area (Å²) < 4.78 is 5.29. The number of likely N-dealkylation sites (tertiary alicyclic amines) is 1. The molecule has 0 unspecified atom stereocenters. The van der Waals surface area contributed by atoms with Gasteiger partial charge in [-0.3, -0.25) is 9.59 Å². The molecule has 1 saturated heterocycles. The average Bonchev–Trinajstić information content (AvgIpc) is 2.75. The zero-order valence-corrected chi connectivity index (χ0v) is 12.6. The van der Waals surface area contributed by atoms with Crippen LogP contribution in [0, 0.1) is 0 Å². The molecule has 1 fully saturated rings. The average molecular weight is 290 g/mol. The van der Waals surface area contributed by atoms with Gasteiger partial charge in [0.25, 0.3) is 5.91 Å². The summed E-state index contributed by atoms with van der Waals surface area (Å²) in [5.41, 5.74) is 1.12. The van der Waals surface area contributed by atoms with Gasteiger partial charge in [0.1, 0.15) is 5.75 Å². The third kappa shape index (κ3) is 3.97. The first-order valence-electron chi connectivity index (χ1n) is 7.36. The van der Waals surface area contributed by atoms with Crippen molar-refractivity contribution in [3.8, 4) is 5.75 Å². The Balaban J connectivity index is 2.26. The van der Waals surface area contributed by atoms with E-state index in [0.717, 1.165) is 25.9 Å². The van der Waals surface area contributed by atoms with Gasteiger partial charge in [0.15, 0.2) is 0 Å². The first-order valence-corrected chi connectivity index (χ1v) is 7.36. The van der Waals surface area contributed by atoms with Crippen LogP contribution in [0.2, 0.25) is 0 Å². The van der Waals surface area contributed by atoms with Crippen LogP contribution in [0.5, 0.6) is 5.75 Å². The van der Waals surface area contributed by atoms with Crippen molar-refractivity contribution in [3.05, 3.63) is 23.8 Å². The van der Waals surface area contributed by atoms with E-state index in [2.05, 4.69) is 5.32 Å². The molecule has 0 aromatic heterocycles. The molecule has 1 aliphatic heterocycles. The lowest BCUT2D eigenvalue weighted by Gasteiger charge is -2.22. The van der Waals surface area contributed by atoms with Gasteiger partial charge in [-0.2, -0.15) is 0 Å². The number of nitrogens with one attached hydrogen (secondary N) is 1. The number of amides is 2. The van der Waals surface area contributed by atoms with Gasteiger partial charge in [0.05, 0.1) is 12.7 Å². The van der Waals surface area contributed by atoms with Crippen LogP contribution in [0.3, 0.4) is 0 Å². The largest absolute Gasteiger partial charge is 0.496 e. The summed E-state index contributed by atoms with van der Waals surface area (Å²) in [6.07, 6.45) is 4.43. The molecule has 1 aromatic rings. The zero-order valence-electron chi connectivity index (χ0n) is 12.6. The van der Waals surface area contributed by atoms with Crippen LogP contribution in [0.15, 0.2) is 18.2 Å². The Labute approximate surface area is 125 Å². The highest BCUT2D eigenvalue weighted by Gasteiger charge is 2.21. The van der Waals surface area contributed by atoms with Gasteiger partial charge in [0.2, 0.25) is 5.91 Å². The zero-order chi connectivity index (χ0) is 15.2. The van der Waals surface area contributed by atoms with E-state index < -0.39 is 0 Å². The highest BCUT2D eigenvalue weighted by atomic mass is 16.5. The van der Waals surface area contributed by atoms with Crippen LogP contribution in [0.1, 0.15) is 43.0 Å². The van der Waals surface area contributed by atoms with Gasteiger partial charge in [-0.1, -0.05) is 12.8 Å². The molecule has 0 atom stereocenters. The maximum absolute atomic E-state index is 12.7.